The van der Waals surface area contributed by atoms with E-state index < -0.39 is 0 Å². The van der Waals surface area contributed by atoms with Gasteiger partial charge < -0.3 is 0 Å². The Morgan fingerprint density at radius 1 is 1.14 bits per heavy atom. The third kappa shape index (κ3) is 1.64. The van der Waals surface area contributed by atoms with Gasteiger partial charge in [-0.15, -0.1) is 0 Å². The molecule has 0 bridgehead atoms. The van der Waals surface area contributed by atoms with Crippen LogP contribution in [0.3, 0.4) is 0 Å². The minimum Gasteiger partial charge on any atom is -0.0651 e. The van der Waals surface area contributed by atoms with E-state index in [0.29, 0.717) is 0 Å². The van der Waals surface area contributed by atoms with E-state index in [1.165, 1.54) is 45.0 Å². The molecule has 0 saturated heterocycles. The quantitative estimate of drug-likeness (QED) is 0.596. The highest BCUT2D eigenvalue weighted by Crippen LogP contribution is 2.42. The summed E-state index contributed by atoms with van der Waals surface area (Å²) in [7, 11) is 1.32. The predicted molar refractivity (Wildman–Crippen MR) is 64.9 cm³/mol. The van der Waals surface area contributed by atoms with Crippen LogP contribution < -0.4 is 0 Å². The molecule has 0 aromatic heterocycles. The Bertz CT molecular complexity index is 353. The maximum atomic E-state index is 3.45. The molecule has 1 heteroatoms. The first-order valence-electron chi connectivity index (χ1n) is 5.48. The Labute approximate surface area is 88.2 Å². The summed E-state index contributed by atoms with van der Waals surface area (Å²) in [5, 5.41) is 1.59. The molecule has 2 rings (SSSR count). The lowest BCUT2D eigenvalue weighted by atomic mass is 9.99. The normalized spacial score (nSPS) is 19.9. The highest BCUT2D eigenvalue weighted by molar-refractivity contribution is 7.44. The van der Waals surface area contributed by atoms with Crippen LogP contribution in [0.5, 0.6) is 0 Å². The molecule has 0 nitrogen and oxygen atoms in total. The fourth-order valence-electron chi connectivity index (χ4n) is 2.04. The first-order chi connectivity index (χ1) is 6.86. The van der Waals surface area contributed by atoms with E-state index >= 15 is 0 Å². The van der Waals surface area contributed by atoms with Crippen molar-refractivity contribution in [2.24, 2.45) is 0 Å². The van der Waals surface area contributed by atoms with Crippen molar-refractivity contribution in [3.8, 4) is 0 Å². The summed E-state index contributed by atoms with van der Waals surface area (Å²) in [4.78, 5) is 0. The van der Waals surface area contributed by atoms with Crippen molar-refractivity contribution in [1.82, 2.24) is 0 Å². The minimum absolute atomic E-state index is 1.22. The third-order valence-corrected chi connectivity index (χ3v) is 3.72. The van der Waals surface area contributed by atoms with Crippen molar-refractivity contribution in [3.05, 3.63) is 34.2 Å². The highest BCUT2D eigenvalue weighted by atomic mass is 31.1. The van der Waals surface area contributed by atoms with Gasteiger partial charge in [-0.3, -0.25) is 0 Å². The summed E-state index contributed by atoms with van der Waals surface area (Å²) in [6.45, 7) is 4.50. The average Bonchev–Trinajstić information content (AvgIpc) is 2.72. The van der Waals surface area contributed by atoms with Crippen molar-refractivity contribution in [2.45, 2.75) is 39.5 Å². The lowest BCUT2D eigenvalue weighted by Crippen LogP contribution is -1.89. The molecule has 0 amide bonds. The van der Waals surface area contributed by atoms with E-state index in [1.807, 2.05) is 0 Å². The van der Waals surface area contributed by atoms with Gasteiger partial charge in [0.1, 0.15) is 0 Å². The van der Waals surface area contributed by atoms with Crippen molar-refractivity contribution in [1.29, 1.82) is 0 Å². The summed E-state index contributed by atoms with van der Waals surface area (Å²) in [5.74, 6) is 3.45. The summed E-state index contributed by atoms with van der Waals surface area (Å²) in [5.41, 5.74) is 4.44. The molecule has 2 aliphatic rings. The Hall–Kier alpha value is -0.610. The number of hydrogen-bond donors (Lipinski definition) is 0. The summed E-state index contributed by atoms with van der Waals surface area (Å²) in [6.07, 6.45) is 9.47. The lowest BCUT2D eigenvalue weighted by molar-refractivity contribution is 0.904. The fraction of sp³-hybridized carbons (Fsp3) is 0.462. The number of rotatable bonds is 4. The first-order valence-corrected chi connectivity index (χ1v) is 6.37. The first kappa shape index (κ1) is 9.93. The molecule has 0 aromatic carbocycles. The molecule has 1 aliphatic heterocycles. The van der Waals surface area contributed by atoms with E-state index in [2.05, 4.69) is 31.8 Å². The summed E-state index contributed by atoms with van der Waals surface area (Å²) in [6, 6.07) is 0. The van der Waals surface area contributed by atoms with Gasteiger partial charge in [-0.1, -0.05) is 47.0 Å². The van der Waals surface area contributed by atoms with Crippen molar-refractivity contribution < 1.29 is 0 Å². The molecule has 1 heterocycles. The number of allylic oxidation sites excluding steroid dienone is 6. The second kappa shape index (κ2) is 4.28. The zero-order valence-corrected chi connectivity index (χ0v) is 9.82. The van der Waals surface area contributed by atoms with Gasteiger partial charge in [-0.05, 0) is 34.9 Å². The Morgan fingerprint density at radius 2 is 1.93 bits per heavy atom. The van der Waals surface area contributed by atoms with Crippen LogP contribution in [0.4, 0.5) is 0 Å². The smallest absolute Gasteiger partial charge is 0.0224 e. The van der Waals surface area contributed by atoms with Crippen molar-refractivity contribution in [3.63, 3.8) is 0 Å². The van der Waals surface area contributed by atoms with Gasteiger partial charge in [0.05, 0.1) is 0 Å². The molecular formula is C13H16P. The van der Waals surface area contributed by atoms with Crippen LogP contribution in [-0.2, 0) is 0 Å². The molecule has 1 radical (unpaired) electrons. The van der Waals surface area contributed by atoms with Crippen LogP contribution in [-0.4, -0.2) is 5.80 Å². The second-order valence-electron chi connectivity index (χ2n) is 3.82. The monoisotopic (exact) mass is 203 g/mol. The standard InChI is InChI=1S/C13H16P/c1-3-5-10-7-8-11-9-14-12(6-4-2)13(10)11/h7-8H,3-6H2,1-2H3. The molecule has 73 valence electrons. The molecule has 0 unspecified atom stereocenters. The third-order valence-electron chi connectivity index (χ3n) is 2.65. The zero-order valence-electron chi connectivity index (χ0n) is 8.93. The second-order valence-corrected chi connectivity index (χ2v) is 4.80. The van der Waals surface area contributed by atoms with Gasteiger partial charge in [-0.2, -0.15) is 0 Å². The molecule has 0 N–H and O–H groups in total. The average molecular weight is 203 g/mol. The molecule has 1 aliphatic carbocycles. The van der Waals surface area contributed by atoms with Crippen LogP contribution in [0.15, 0.2) is 34.2 Å². The van der Waals surface area contributed by atoms with E-state index in [0.717, 1.165) is 0 Å². The zero-order chi connectivity index (χ0) is 9.97. The predicted octanol–water partition coefficient (Wildman–Crippen LogP) is 4.35. The summed E-state index contributed by atoms with van der Waals surface area (Å²) < 4.78 is 0. The van der Waals surface area contributed by atoms with Crippen molar-refractivity contribution in [2.75, 3.05) is 0 Å². The van der Waals surface area contributed by atoms with Gasteiger partial charge in [-0.25, -0.2) is 0 Å². The van der Waals surface area contributed by atoms with Gasteiger partial charge in [0.15, 0.2) is 0 Å². The fourth-order valence-corrected chi connectivity index (χ4v) is 3.19. The number of hydrogen-bond acceptors (Lipinski definition) is 0. The summed E-state index contributed by atoms with van der Waals surface area (Å²) >= 11 is 0. The Balaban J connectivity index is 2.25. The van der Waals surface area contributed by atoms with E-state index in [4.69, 9.17) is 0 Å². The van der Waals surface area contributed by atoms with Gasteiger partial charge in [0, 0.05) is 5.80 Å². The van der Waals surface area contributed by atoms with Gasteiger partial charge >= 0.3 is 0 Å². The van der Waals surface area contributed by atoms with Gasteiger partial charge in [0.2, 0.25) is 0 Å². The SMILES string of the molecule is CCCC1=CC=C2[C]=PC(CCC)=C21. The molecule has 0 spiro atoms. The molecular weight excluding hydrogens is 187 g/mol. The molecule has 0 saturated carbocycles. The lowest BCUT2D eigenvalue weighted by Gasteiger charge is -2.07. The van der Waals surface area contributed by atoms with Crippen LogP contribution in [0.25, 0.3) is 0 Å². The molecule has 0 atom stereocenters. The highest BCUT2D eigenvalue weighted by Gasteiger charge is 2.21. The van der Waals surface area contributed by atoms with Crippen LogP contribution in [0.1, 0.15) is 39.5 Å². The molecule has 14 heavy (non-hydrogen) atoms. The van der Waals surface area contributed by atoms with E-state index in [9.17, 15) is 0 Å². The largest absolute Gasteiger partial charge is 0.0651 e. The van der Waals surface area contributed by atoms with Crippen molar-refractivity contribution >= 4 is 14.0 Å². The maximum Gasteiger partial charge on any atom is 0.0224 e. The van der Waals surface area contributed by atoms with Gasteiger partial charge in [0.25, 0.3) is 0 Å². The van der Waals surface area contributed by atoms with E-state index in [-0.39, 0.29) is 0 Å². The number of fused-ring (bicyclic) bond motifs is 1. The Kier molecular flexibility index (Phi) is 3.03. The van der Waals surface area contributed by atoms with E-state index in [1.54, 1.807) is 10.9 Å². The van der Waals surface area contributed by atoms with Crippen LogP contribution >= 0.6 is 8.20 Å². The van der Waals surface area contributed by atoms with Crippen LogP contribution in [0, 0.1) is 0 Å². The maximum absolute atomic E-state index is 3.45. The minimum atomic E-state index is 1.22. The molecule has 0 aromatic rings. The van der Waals surface area contributed by atoms with Crippen LogP contribution in [0.2, 0.25) is 0 Å². The molecule has 0 fully saturated rings. The Morgan fingerprint density at radius 3 is 2.64 bits per heavy atom. The topological polar surface area (TPSA) is 0 Å².